The van der Waals surface area contributed by atoms with E-state index in [1.165, 1.54) is 12.1 Å². The Morgan fingerprint density at radius 3 is 3.00 bits per heavy atom. The van der Waals surface area contributed by atoms with E-state index in [1.807, 2.05) is 0 Å². The topological polar surface area (TPSA) is 64.4 Å². The fraction of sp³-hybridized carbons (Fsp3) is 0.500. The molecule has 1 aromatic carbocycles. The van der Waals surface area contributed by atoms with Gasteiger partial charge in [-0.1, -0.05) is 11.6 Å². The third-order valence-electron chi connectivity index (χ3n) is 2.99. The molecule has 0 aliphatic carbocycles. The molecule has 1 aromatic rings. The van der Waals surface area contributed by atoms with Gasteiger partial charge in [0.15, 0.2) is 0 Å². The molecule has 1 atom stereocenters. The average molecular weight is 271 g/mol. The molecule has 1 aliphatic heterocycles. The van der Waals surface area contributed by atoms with Crippen LogP contribution in [0.3, 0.4) is 0 Å². The minimum absolute atomic E-state index is 0.0183. The zero-order chi connectivity index (χ0) is 13.0. The molecule has 0 amide bonds. The average Bonchev–Trinajstić information content (AvgIpc) is 2.38. The third kappa shape index (κ3) is 3.41. The zero-order valence-corrected chi connectivity index (χ0v) is 10.7. The maximum Gasteiger partial charge on any atom is 0.270 e. The van der Waals surface area contributed by atoms with Crippen molar-refractivity contribution in [2.24, 2.45) is 0 Å². The molecule has 0 spiro atoms. The summed E-state index contributed by atoms with van der Waals surface area (Å²) in [5.74, 6) is 0. The first-order chi connectivity index (χ1) is 8.66. The van der Waals surface area contributed by atoms with Gasteiger partial charge in [0.05, 0.1) is 16.6 Å². The summed E-state index contributed by atoms with van der Waals surface area (Å²) in [6.07, 6.45) is 2.15. The first kappa shape index (κ1) is 13.3. The maximum atomic E-state index is 10.6. The standard InChI is InChI=1S/C12H15ClN2O3/c13-12-6-11(15(16)17)4-3-9(12)7-14-10-2-1-5-18-8-10/h3-4,6,10,14H,1-2,5,7-8H2. The van der Waals surface area contributed by atoms with Crippen molar-refractivity contribution in [3.63, 3.8) is 0 Å². The van der Waals surface area contributed by atoms with Gasteiger partial charge in [-0.05, 0) is 24.5 Å². The van der Waals surface area contributed by atoms with Gasteiger partial charge in [0.2, 0.25) is 0 Å². The van der Waals surface area contributed by atoms with Crippen molar-refractivity contribution in [1.29, 1.82) is 0 Å². The predicted molar refractivity (Wildman–Crippen MR) is 68.8 cm³/mol. The second-order valence-electron chi connectivity index (χ2n) is 4.33. The number of hydrogen-bond donors (Lipinski definition) is 1. The molecule has 1 fully saturated rings. The smallest absolute Gasteiger partial charge is 0.270 e. The molecule has 98 valence electrons. The SMILES string of the molecule is O=[N+]([O-])c1ccc(CNC2CCCOC2)c(Cl)c1. The van der Waals surface area contributed by atoms with E-state index in [0.717, 1.165) is 25.0 Å². The molecule has 1 saturated heterocycles. The molecule has 1 heterocycles. The summed E-state index contributed by atoms with van der Waals surface area (Å²) in [6, 6.07) is 4.89. The molecule has 0 bridgehead atoms. The van der Waals surface area contributed by atoms with Gasteiger partial charge in [0, 0.05) is 31.3 Å². The molecule has 5 nitrogen and oxygen atoms in total. The highest BCUT2D eigenvalue weighted by Gasteiger charge is 2.14. The van der Waals surface area contributed by atoms with Gasteiger partial charge in [-0.2, -0.15) is 0 Å². The number of halogens is 1. The van der Waals surface area contributed by atoms with Crippen molar-refractivity contribution in [2.45, 2.75) is 25.4 Å². The Morgan fingerprint density at radius 1 is 1.56 bits per heavy atom. The van der Waals surface area contributed by atoms with Crippen LogP contribution in [-0.4, -0.2) is 24.2 Å². The Hall–Kier alpha value is -1.17. The van der Waals surface area contributed by atoms with Crippen LogP contribution in [0.5, 0.6) is 0 Å². The molecule has 0 radical (unpaired) electrons. The lowest BCUT2D eigenvalue weighted by Crippen LogP contribution is -2.36. The Kier molecular flexibility index (Phi) is 4.52. The quantitative estimate of drug-likeness (QED) is 0.674. The third-order valence-corrected chi connectivity index (χ3v) is 3.34. The van der Waals surface area contributed by atoms with Crippen LogP contribution in [0.4, 0.5) is 5.69 Å². The van der Waals surface area contributed by atoms with Gasteiger partial charge >= 0.3 is 0 Å². The normalized spacial score (nSPS) is 19.7. The maximum absolute atomic E-state index is 10.6. The van der Waals surface area contributed by atoms with Gasteiger partial charge < -0.3 is 10.1 Å². The summed E-state index contributed by atoms with van der Waals surface area (Å²) in [5, 5.41) is 14.4. The minimum atomic E-state index is -0.446. The first-order valence-electron chi connectivity index (χ1n) is 5.91. The molecule has 0 saturated carbocycles. The minimum Gasteiger partial charge on any atom is -0.380 e. The highest BCUT2D eigenvalue weighted by Crippen LogP contribution is 2.22. The van der Waals surface area contributed by atoms with Crippen LogP contribution < -0.4 is 5.32 Å². The van der Waals surface area contributed by atoms with E-state index in [2.05, 4.69) is 5.32 Å². The summed E-state index contributed by atoms with van der Waals surface area (Å²) in [6.45, 7) is 2.14. The van der Waals surface area contributed by atoms with Crippen molar-refractivity contribution in [1.82, 2.24) is 5.32 Å². The molecule has 2 rings (SSSR count). The van der Waals surface area contributed by atoms with Gasteiger partial charge in [0.1, 0.15) is 0 Å². The van der Waals surface area contributed by atoms with Crippen LogP contribution in [0.2, 0.25) is 5.02 Å². The highest BCUT2D eigenvalue weighted by atomic mass is 35.5. The molecule has 1 aliphatic rings. The van der Waals surface area contributed by atoms with Gasteiger partial charge in [-0.3, -0.25) is 10.1 Å². The van der Waals surface area contributed by atoms with Crippen LogP contribution in [0.1, 0.15) is 18.4 Å². The van der Waals surface area contributed by atoms with E-state index in [1.54, 1.807) is 6.07 Å². The van der Waals surface area contributed by atoms with Gasteiger partial charge in [-0.25, -0.2) is 0 Å². The number of nitrogens with one attached hydrogen (secondary N) is 1. The van der Waals surface area contributed by atoms with Crippen LogP contribution in [0, 0.1) is 10.1 Å². The lowest BCUT2D eigenvalue weighted by molar-refractivity contribution is -0.384. The summed E-state index contributed by atoms with van der Waals surface area (Å²) < 4.78 is 5.37. The van der Waals surface area contributed by atoms with E-state index in [-0.39, 0.29) is 5.69 Å². The van der Waals surface area contributed by atoms with Gasteiger partial charge in [0.25, 0.3) is 5.69 Å². The fourth-order valence-corrected chi connectivity index (χ4v) is 2.19. The Morgan fingerprint density at radius 2 is 2.39 bits per heavy atom. The number of benzene rings is 1. The first-order valence-corrected chi connectivity index (χ1v) is 6.28. The summed E-state index contributed by atoms with van der Waals surface area (Å²) >= 11 is 6.02. The molecule has 1 N–H and O–H groups in total. The van der Waals surface area contributed by atoms with Crippen molar-refractivity contribution in [2.75, 3.05) is 13.2 Å². The largest absolute Gasteiger partial charge is 0.380 e. The van der Waals surface area contributed by atoms with Crippen LogP contribution in [0.15, 0.2) is 18.2 Å². The van der Waals surface area contributed by atoms with E-state index in [0.29, 0.717) is 24.2 Å². The lowest BCUT2D eigenvalue weighted by Gasteiger charge is -2.23. The summed E-state index contributed by atoms with van der Waals surface area (Å²) in [7, 11) is 0. The highest BCUT2D eigenvalue weighted by molar-refractivity contribution is 6.31. The number of rotatable bonds is 4. The predicted octanol–water partition coefficient (Wildman–Crippen LogP) is 2.52. The summed E-state index contributed by atoms with van der Waals surface area (Å²) in [5.41, 5.74) is 0.887. The second kappa shape index (κ2) is 6.13. The van der Waals surface area contributed by atoms with Crippen molar-refractivity contribution < 1.29 is 9.66 Å². The van der Waals surface area contributed by atoms with Crippen molar-refractivity contribution in [3.05, 3.63) is 38.9 Å². The van der Waals surface area contributed by atoms with E-state index in [9.17, 15) is 10.1 Å². The number of hydrogen-bond acceptors (Lipinski definition) is 4. The number of ether oxygens (including phenoxy) is 1. The van der Waals surface area contributed by atoms with Crippen molar-refractivity contribution >= 4 is 17.3 Å². The Labute approximate surface area is 110 Å². The molecular formula is C12H15ClN2O3. The second-order valence-corrected chi connectivity index (χ2v) is 4.73. The fourth-order valence-electron chi connectivity index (χ4n) is 1.95. The van der Waals surface area contributed by atoms with Crippen LogP contribution in [-0.2, 0) is 11.3 Å². The molecule has 18 heavy (non-hydrogen) atoms. The molecule has 0 aromatic heterocycles. The number of nitro groups is 1. The zero-order valence-electron chi connectivity index (χ0n) is 9.89. The van der Waals surface area contributed by atoms with Crippen LogP contribution in [0.25, 0.3) is 0 Å². The number of non-ortho nitro benzene ring substituents is 1. The summed E-state index contributed by atoms with van der Waals surface area (Å²) in [4.78, 5) is 10.1. The molecular weight excluding hydrogens is 256 g/mol. The molecule has 6 heteroatoms. The molecule has 1 unspecified atom stereocenters. The van der Waals surface area contributed by atoms with E-state index < -0.39 is 4.92 Å². The van der Waals surface area contributed by atoms with Crippen LogP contribution >= 0.6 is 11.6 Å². The lowest BCUT2D eigenvalue weighted by atomic mass is 10.1. The Balaban J connectivity index is 1.94. The number of nitro benzene ring substituents is 1. The van der Waals surface area contributed by atoms with Crippen molar-refractivity contribution in [3.8, 4) is 0 Å². The van der Waals surface area contributed by atoms with Gasteiger partial charge in [-0.15, -0.1) is 0 Å². The monoisotopic (exact) mass is 270 g/mol. The number of nitrogens with zero attached hydrogens (tertiary/aromatic N) is 1. The van der Waals surface area contributed by atoms with E-state index in [4.69, 9.17) is 16.3 Å². The Bertz CT molecular complexity index is 433. The van der Waals surface area contributed by atoms with E-state index >= 15 is 0 Å².